The van der Waals surface area contributed by atoms with Gasteiger partial charge in [0.15, 0.2) is 11.3 Å². The quantitative estimate of drug-likeness (QED) is 0.684. The maximum absolute atomic E-state index is 11.7. The first-order valence-corrected chi connectivity index (χ1v) is 5.05. The lowest BCUT2D eigenvalue weighted by molar-refractivity contribution is -0.116. The Morgan fingerprint density at radius 2 is 2.17 bits per heavy atom. The number of hydrogen-bond acceptors (Lipinski definition) is 6. The van der Waals surface area contributed by atoms with Gasteiger partial charge in [0.25, 0.3) is 5.91 Å². The summed E-state index contributed by atoms with van der Waals surface area (Å²) < 4.78 is 2.13. The van der Waals surface area contributed by atoms with E-state index in [1.54, 1.807) is 0 Å². The van der Waals surface area contributed by atoms with E-state index < -0.39 is 11.6 Å². The van der Waals surface area contributed by atoms with Crippen molar-refractivity contribution in [1.29, 1.82) is 0 Å². The third kappa shape index (κ3) is 1.97. The number of carbonyl (C=O) groups is 2. The second kappa shape index (κ2) is 4.35. The van der Waals surface area contributed by atoms with Crippen molar-refractivity contribution in [3.05, 3.63) is 22.5 Å². The molecule has 94 valence electrons. The van der Waals surface area contributed by atoms with Crippen molar-refractivity contribution in [1.82, 2.24) is 29.7 Å². The zero-order chi connectivity index (χ0) is 13.3. The van der Waals surface area contributed by atoms with Gasteiger partial charge < -0.3 is 5.32 Å². The number of nitrogens with zero attached hydrogens (tertiary/aromatic N) is 5. The SMILES string of the molecule is CC(=O)CNC(=O)c1ncn2c(=O)n(C)nnc12. The molecule has 9 heteroatoms. The highest BCUT2D eigenvalue weighted by molar-refractivity contribution is 5.99. The summed E-state index contributed by atoms with van der Waals surface area (Å²) in [6, 6.07) is 0. The fraction of sp³-hybridized carbons (Fsp3) is 0.333. The number of fused-ring (bicyclic) bond motifs is 1. The highest BCUT2D eigenvalue weighted by atomic mass is 16.2. The minimum absolute atomic E-state index is 0.0403. The maximum Gasteiger partial charge on any atom is 0.352 e. The van der Waals surface area contributed by atoms with Gasteiger partial charge in [-0.2, -0.15) is 4.68 Å². The molecule has 18 heavy (non-hydrogen) atoms. The summed E-state index contributed by atoms with van der Waals surface area (Å²) in [4.78, 5) is 37.9. The lowest BCUT2D eigenvalue weighted by Crippen LogP contribution is -2.30. The molecule has 1 amide bonds. The molecule has 2 aromatic heterocycles. The van der Waals surface area contributed by atoms with Crippen LogP contribution in [0.25, 0.3) is 5.65 Å². The summed E-state index contributed by atoms with van der Waals surface area (Å²) in [5.74, 6) is -0.760. The maximum atomic E-state index is 11.7. The summed E-state index contributed by atoms with van der Waals surface area (Å²) >= 11 is 0. The second-order valence-corrected chi connectivity index (χ2v) is 3.67. The van der Waals surface area contributed by atoms with Crippen LogP contribution < -0.4 is 11.0 Å². The predicted molar refractivity (Wildman–Crippen MR) is 59.0 cm³/mol. The number of ketones is 1. The van der Waals surface area contributed by atoms with Gasteiger partial charge in [0, 0.05) is 7.05 Å². The van der Waals surface area contributed by atoms with Crippen molar-refractivity contribution >= 4 is 17.3 Å². The van der Waals surface area contributed by atoms with Crippen molar-refractivity contribution in [2.24, 2.45) is 7.05 Å². The van der Waals surface area contributed by atoms with Crippen molar-refractivity contribution in [2.75, 3.05) is 6.54 Å². The number of imidazole rings is 1. The first-order chi connectivity index (χ1) is 8.50. The fourth-order valence-corrected chi connectivity index (χ4v) is 1.33. The first kappa shape index (κ1) is 11.9. The van der Waals surface area contributed by atoms with Crippen LogP contribution in [0.15, 0.2) is 11.1 Å². The minimum atomic E-state index is -0.574. The predicted octanol–water partition coefficient (Wildman–Crippen LogP) is -1.86. The van der Waals surface area contributed by atoms with Crippen LogP contribution in [0.3, 0.4) is 0 Å². The lowest BCUT2D eigenvalue weighted by atomic mass is 10.4. The van der Waals surface area contributed by atoms with Crippen LogP contribution in [-0.2, 0) is 11.8 Å². The molecule has 0 bridgehead atoms. The minimum Gasteiger partial charge on any atom is -0.344 e. The van der Waals surface area contributed by atoms with Crippen molar-refractivity contribution < 1.29 is 9.59 Å². The largest absolute Gasteiger partial charge is 0.352 e. The van der Waals surface area contributed by atoms with Gasteiger partial charge in [-0.3, -0.25) is 9.59 Å². The Morgan fingerprint density at radius 1 is 1.44 bits per heavy atom. The van der Waals surface area contributed by atoms with Gasteiger partial charge in [-0.25, -0.2) is 14.2 Å². The molecular weight excluding hydrogens is 240 g/mol. The van der Waals surface area contributed by atoms with E-state index in [-0.39, 0.29) is 23.7 Å². The molecule has 0 aliphatic carbocycles. The molecule has 0 aliphatic rings. The molecule has 2 rings (SSSR count). The zero-order valence-electron chi connectivity index (χ0n) is 9.75. The van der Waals surface area contributed by atoms with Gasteiger partial charge in [-0.1, -0.05) is 5.21 Å². The van der Waals surface area contributed by atoms with Crippen LogP contribution in [0.5, 0.6) is 0 Å². The topological polar surface area (TPSA) is 111 Å². The Hall–Kier alpha value is -2.58. The molecule has 0 atom stereocenters. The molecule has 0 aliphatic heterocycles. The van der Waals surface area contributed by atoms with Gasteiger partial charge in [0.05, 0.1) is 6.54 Å². The Kier molecular flexibility index (Phi) is 2.88. The number of amides is 1. The van der Waals surface area contributed by atoms with E-state index >= 15 is 0 Å². The average Bonchev–Trinajstić information content (AvgIpc) is 2.75. The number of carbonyl (C=O) groups excluding carboxylic acids is 2. The van der Waals surface area contributed by atoms with Gasteiger partial charge in [0.2, 0.25) is 0 Å². The van der Waals surface area contributed by atoms with Crippen molar-refractivity contribution in [3.63, 3.8) is 0 Å². The number of rotatable bonds is 3. The summed E-state index contributed by atoms with van der Waals surface area (Å²) in [6.07, 6.45) is 1.19. The Balaban J connectivity index is 2.41. The molecule has 0 saturated carbocycles. The van der Waals surface area contributed by atoms with E-state index in [0.29, 0.717) is 0 Å². The molecule has 0 aromatic carbocycles. The Bertz CT molecular complexity index is 685. The number of hydrogen-bond donors (Lipinski definition) is 1. The smallest absolute Gasteiger partial charge is 0.344 e. The van der Waals surface area contributed by atoms with Crippen molar-refractivity contribution in [3.8, 4) is 0 Å². The van der Waals surface area contributed by atoms with Crippen LogP contribution in [0.2, 0.25) is 0 Å². The van der Waals surface area contributed by atoms with Gasteiger partial charge in [-0.05, 0) is 6.92 Å². The third-order valence-corrected chi connectivity index (χ3v) is 2.21. The highest BCUT2D eigenvalue weighted by Crippen LogP contribution is 2.01. The van der Waals surface area contributed by atoms with Gasteiger partial charge >= 0.3 is 5.69 Å². The molecule has 0 spiro atoms. The summed E-state index contributed by atoms with van der Waals surface area (Å²) in [6.45, 7) is 1.25. The molecule has 2 heterocycles. The molecule has 0 saturated heterocycles. The number of aryl methyl sites for hydroxylation is 1. The lowest BCUT2D eigenvalue weighted by Gasteiger charge is -2.00. The Morgan fingerprint density at radius 3 is 2.83 bits per heavy atom. The molecule has 0 unspecified atom stereocenters. The average molecular weight is 250 g/mol. The van der Waals surface area contributed by atoms with E-state index in [1.165, 1.54) is 20.3 Å². The zero-order valence-corrected chi connectivity index (χ0v) is 9.75. The van der Waals surface area contributed by atoms with E-state index in [9.17, 15) is 14.4 Å². The fourth-order valence-electron chi connectivity index (χ4n) is 1.33. The molecule has 2 aromatic rings. The van der Waals surface area contributed by atoms with Crippen LogP contribution >= 0.6 is 0 Å². The van der Waals surface area contributed by atoms with Crippen LogP contribution in [0.1, 0.15) is 17.4 Å². The van der Waals surface area contributed by atoms with Crippen LogP contribution in [-0.4, -0.2) is 42.6 Å². The van der Waals surface area contributed by atoms with Gasteiger partial charge in [0.1, 0.15) is 12.1 Å². The Labute approximate surface area is 100 Å². The van der Waals surface area contributed by atoms with Gasteiger partial charge in [-0.15, -0.1) is 5.10 Å². The third-order valence-electron chi connectivity index (χ3n) is 2.21. The van der Waals surface area contributed by atoms with E-state index in [1.807, 2.05) is 0 Å². The molecule has 0 fully saturated rings. The standard InChI is InChI=1S/C9H10N6O3/c1-5(16)3-10-8(17)6-7-12-13-14(2)9(18)15(7)4-11-6/h4H,3H2,1-2H3,(H,10,17). The van der Waals surface area contributed by atoms with Crippen molar-refractivity contribution in [2.45, 2.75) is 6.92 Å². The monoisotopic (exact) mass is 250 g/mol. The number of Topliss-reactive ketones (excluding diaryl/α,β-unsaturated/α-hetero) is 1. The first-order valence-electron chi connectivity index (χ1n) is 5.05. The molecule has 1 N–H and O–H groups in total. The summed E-state index contributed by atoms with van der Waals surface area (Å²) in [5.41, 5.74) is -0.446. The number of aromatic nitrogens is 5. The van der Waals surface area contributed by atoms with Crippen LogP contribution in [0.4, 0.5) is 0 Å². The molecule has 9 nitrogen and oxygen atoms in total. The molecular formula is C9H10N6O3. The normalized spacial score (nSPS) is 10.6. The van der Waals surface area contributed by atoms with Crippen LogP contribution in [0, 0.1) is 0 Å². The van der Waals surface area contributed by atoms with E-state index in [4.69, 9.17) is 0 Å². The number of nitrogens with one attached hydrogen (secondary N) is 1. The van der Waals surface area contributed by atoms with E-state index in [2.05, 4.69) is 20.6 Å². The molecule has 0 radical (unpaired) electrons. The highest BCUT2D eigenvalue weighted by Gasteiger charge is 2.16. The summed E-state index contributed by atoms with van der Waals surface area (Å²) in [7, 11) is 1.43. The summed E-state index contributed by atoms with van der Waals surface area (Å²) in [5, 5.41) is 9.65. The van der Waals surface area contributed by atoms with E-state index in [0.717, 1.165) is 9.08 Å². The second-order valence-electron chi connectivity index (χ2n) is 3.67.